The highest BCUT2D eigenvalue weighted by Crippen LogP contribution is 2.17. The number of carbonyl (C=O) groups excluding carboxylic acids is 1. The normalized spacial score (nSPS) is 10.6. The molecule has 1 aromatic carbocycles. The molecule has 0 saturated heterocycles. The van der Waals surface area contributed by atoms with Crippen molar-refractivity contribution in [2.75, 3.05) is 7.05 Å². The predicted molar refractivity (Wildman–Crippen MR) is 93.3 cm³/mol. The molecule has 23 heavy (non-hydrogen) atoms. The lowest BCUT2D eigenvalue weighted by atomic mass is 10.2. The van der Waals surface area contributed by atoms with Gasteiger partial charge in [-0.1, -0.05) is 47.5 Å². The van der Waals surface area contributed by atoms with Gasteiger partial charge >= 0.3 is 0 Å². The number of hydrogen-bond acceptors (Lipinski definition) is 3. The zero-order valence-corrected chi connectivity index (χ0v) is 14.9. The number of carbonyl (C=O) groups is 1. The molecule has 2 aromatic rings. The Bertz CT molecular complexity index is 743. The summed E-state index contributed by atoms with van der Waals surface area (Å²) in [6, 6.07) is 10.7. The van der Waals surface area contributed by atoms with Gasteiger partial charge in [-0.05, 0) is 24.1 Å². The van der Waals surface area contributed by atoms with Crippen LogP contribution in [-0.2, 0) is 13.1 Å². The molecule has 2 rings (SSSR count). The largest absolute Gasteiger partial charge is 0.336 e. The van der Waals surface area contributed by atoms with Crippen molar-refractivity contribution in [3.05, 3.63) is 62.5 Å². The fourth-order valence-electron chi connectivity index (χ4n) is 2.18. The van der Waals surface area contributed by atoms with Crippen LogP contribution < -0.4 is 5.56 Å². The summed E-state index contributed by atoms with van der Waals surface area (Å²) in [5, 5.41) is 4.20. The number of rotatable bonds is 6. The van der Waals surface area contributed by atoms with E-state index in [1.807, 2.05) is 31.2 Å². The maximum Gasteiger partial charge on any atom is 0.274 e. The highest BCUT2D eigenvalue weighted by atomic mass is 79.9. The van der Waals surface area contributed by atoms with Gasteiger partial charge in [0, 0.05) is 30.7 Å². The van der Waals surface area contributed by atoms with E-state index in [1.165, 1.54) is 16.8 Å². The topological polar surface area (TPSA) is 55.2 Å². The average molecular weight is 378 g/mol. The third kappa shape index (κ3) is 4.51. The molecule has 1 aromatic heterocycles. The lowest BCUT2D eigenvalue weighted by Crippen LogP contribution is -2.31. The highest BCUT2D eigenvalue weighted by Gasteiger charge is 2.15. The van der Waals surface area contributed by atoms with Crippen LogP contribution in [0.3, 0.4) is 0 Å². The summed E-state index contributed by atoms with van der Waals surface area (Å²) in [5.41, 5.74) is 1.13. The first-order chi connectivity index (χ1) is 11.0. The second kappa shape index (κ2) is 8.06. The molecule has 0 aliphatic rings. The summed E-state index contributed by atoms with van der Waals surface area (Å²) in [7, 11) is 1.73. The lowest BCUT2D eigenvalue weighted by molar-refractivity contribution is 0.0776. The molecular weight excluding hydrogens is 358 g/mol. The van der Waals surface area contributed by atoms with Crippen LogP contribution in [0.2, 0.25) is 0 Å². The van der Waals surface area contributed by atoms with Crippen molar-refractivity contribution in [1.29, 1.82) is 0 Å². The molecule has 5 nitrogen and oxygen atoms in total. The van der Waals surface area contributed by atoms with Crippen LogP contribution in [0.1, 0.15) is 35.8 Å². The van der Waals surface area contributed by atoms with Gasteiger partial charge in [0.25, 0.3) is 11.5 Å². The summed E-state index contributed by atoms with van der Waals surface area (Å²) < 4.78 is 2.32. The Kier molecular flexibility index (Phi) is 6.10. The summed E-state index contributed by atoms with van der Waals surface area (Å²) in [4.78, 5) is 25.9. The van der Waals surface area contributed by atoms with Crippen LogP contribution in [-0.4, -0.2) is 27.6 Å². The SMILES string of the molecule is CCCCn1nc(C(=O)N(C)Cc2ccccc2Br)ccc1=O. The van der Waals surface area contributed by atoms with Crippen molar-refractivity contribution in [2.24, 2.45) is 0 Å². The minimum Gasteiger partial charge on any atom is -0.336 e. The Morgan fingerprint density at radius 2 is 2.00 bits per heavy atom. The molecular formula is C17H20BrN3O2. The molecule has 0 radical (unpaired) electrons. The van der Waals surface area contributed by atoms with E-state index in [-0.39, 0.29) is 17.2 Å². The van der Waals surface area contributed by atoms with Gasteiger partial charge in [0.05, 0.1) is 0 Å². The number of aryl methyl sites for hydroxylation is 1. The molecule has 0 unspecified atom stereocenters. The molecule has 0 atom stereocenters. The van der Waals surface area contributed by atoms with Crippen molar-refractivity contribution in [2.45, 2.75) is 32.9 Å². The summed E-state index contributed by atoms with van der Waals surface area (Å²) in [5.74, 6) is -0.203. The van der Waals surface area contributed by atoms with Gasteiger partial charge in [-0.2, -0.15) is 5.10 Å². The Morgan fingerprint density at radius 3 is 2.70 bits per heavy atom. The lowest BCUT2D eigenvalue weighted by Gasteiger charge is -2.18. The molecule has 1 heterocycles. The van der Waals surface area contributed by atoms with Gasteiger partial charge in [-0.25, -0.2) is 4.68 Å². The summed E-state index contributed by atoms with van der Waals surface area (Å²) in [6.45, 7) is 3.05. The Hall–Kier alpha value is -1.95. The number of nitrogens with zero attached hydrogens (tertiary/aromatic N) is 3. The smallest absolute Gasteiger partial charge is 0.274 e. The van der Waals surface area contributed by atoms with E-state index < -0.39 is 0 Å². The standard InChI is InChI=1S/C17H20BrN3O2/c1-3-4-11-21-16(22)10-9-15(19-21)17(23)20(2)12-13-7-5-6-8-14(13)18/h5-10H,3-4,11-12H2,1-2H3. The van der Waals surface area contributed by atoms with Crippen molar-refractivity contribution in [3.8, 4) is 0 Å². The van der Waals surface area contributed by atoms with Gasteiger partial charge in [0.2, 0.25) is 0 Å². The molecule has 0 bridgehead atoms. The predicted octanol–water partition coefficient (Wildman–Crippen LogP) is 3.08. The molecule has 0 aliphatic heterocycles. The average Bonchev–Trinajstić information content (AvgIpc) is 2.55. The maximum atomic E-state index is 12.5. The van der Waals surface area contributed by atoms with Crippen LogP contribution in [0, 0.1) is 0 Å². The third-order valence-corrected chi connectivity index (χ3v) is 4.29. The van der Waals surface area contributed by atoms with Gasteiger partial charge < -0.3 is 4.90 Å². The summed E-state index contributed by atoms with van der Waals surface area (Å²) in [6.07, 6.45) is 1.82. The zero-order chi connectivity index (χ0) is 16.8. The molecule has 122 valence electrons. The first-order valence-corrected chi connectivity index (χ1v) is 8.39. The molecule has 1 amide bonds. The van der Waals surface area contributed by atoms with E-state index in [2.05, 4.69) is 21.0 Å². The first kappa shape index (κ1) is 17.4. The highest BCUT2D eigenvalue weighted by molar-refractivity contribution is 9.10. The quantitative estimate of drug-likeness (QED) is 0.776. The van der Waals surface area contributed by atoms with Gasteiger partial charge in [-0.15, -0.1) is 0 Å². The van der Waals surface area contributed by atoms with Gasteiger partial charge in [0.1, 0.15) is 5.69 Å². The van der Waals surface area contributed by atoms with E-state index in [0.29, 0.717) is 13.1 Å². The van der Waals surface area contributed by atoms with Crippen molar-refractivity contribution in [3.63, 3.8) is 0 Å². The fourth-order valence-corrected chi connectivity index (χ4v) is 2.59. The number of benzene rings is 1. The van der Waals surface area contributed by atoms with Crippen LogP contribution in [0.25, 0.3) is 0 Å². The van der Waals surface area contributed by atoms with E-state index in [4.69, 9.17) is 0 Å². The van der Waals surface area contributed by atoms with E-state index in [9.17, 15) is 9.59 Å². The Morgan fingerprint density at radius 1 is 1.26 bits per heavy atom. The second-order valence-corrected chi connectivity index (χ2v) is 6.24. The van der Waals surface area contributed by atoms with Crippen LogP contribution in [0.4, 0.5) is 0 Å². The minimum atomic E-state index is -0.203. The first-order valence-electron chi connectivity index (χ1n) is 7.60. The molecule has 0 spiro atoms. The van der Waals surface area contributed by atoms with Gasteiger partial charge in [-0.3, -0.25) is 9.59 Å². The minimum absolute atomic E-state index is 0.177. The van der Waals surface area contributed by atoms with Crippen LogP contribution in [0.5, 0.6) is 0 Å². The molecule has 0 aliphatic carbocycles. The molecule has 6 heteroatoms. The second-order valence-electron chi connectivity index (χ2n) is 5.39. The summed E-state index contributed by atoms with van der Waals surface area (Å²) >= 11 is 3.48. The molecule has 0 N–H and O–H groups in total. The van der Waals surface area contributed by atoms with E-state index in [1.54, 1.807) is 11.9 Å². The molecule has 0 fully saturated rings. The number of amides is 1. The van der Waals surface area contributed by atoms with Crippen molar-refractivity contribution in [1.82, 2.24) is 14.7 Å². The van der Waals surface area contributed by atoms with E-state index >= 15 is 0 Å². The number of halogens is 1. The maximum absolute atomic E-state index is 12.5. The van der Waals surface area contributed by atoms with Crippen LogP contribution >= 0.6 is 15.9 Å². The van der Waals surface area contributed by atoms with E-state index in [0.717, 1.165) is 22.9 Å². The van der Waals surface area contributed by atoms with Crippen molar-refractivity contribution >= 4 is 21.8 Å². The van der Waals surface area contributed by atoms with Gasteiger partial charge in [0.15, 0.2) is 0 Å². The third-order valence-electron chi connectivity index (χ3n) is 3.52. The van der Waals surface area contributed by atoms with Crippen molar-refractivity contribution < 1.29 is 4.79 Å². The Labute approximate surface area is 144 Å². The fraction of sp³-hybridized carbons (Fsp3) is 0.353. The Balaban J connectivity index is 2.16. The van der Waals surface area contributed by atoms with Crippen LogP contribution in [0.15, 0.2) is 45.7 Å². The molecule has 0 saturated carbocycles. The number of hydrogen-bond donors (Lipinski definition) is 0. The number of aromatic nitrogens is 2. The number of unbranched alkanes of at least 4 members (excludes halogenated alkanes) is 1. The monoisotopic (exact) mass is 377 g/mol. The zero-order valence-electron chi connectivity index (χ0n) is 13.3.